The van der Waals surface area contributed by atoms with Gasteiger partial charge in [0.05, 0.1) is 4.92 Å². The van der Waals surface area contributed by atoms with Gasteiger partial charge in [0.1, 0.15) is 5.78 Å². The van der Waals surface area contributed by atoms with E-state index in [9.17, 15) is 14.9 Å². The van der Waals surface area contributed by atoms with Crippen LogP contribution in [-0.2, 0) is 11.2 Å². The number of alkyl halides is 1. The van der Waals surface area contributed by atoms with Gasteiger partial charge in [0.25, 0.3) is 5.69 Å². The van der Waals surface area contributed by atoms with Crippen LogP contribution in [0, 0.1) is 10.1 Å². The van der Waals surface area contributed by atoms with E-state index >= 15 is 0 Å². The number of nitrogens with zero attached hydrogens (tertiary/aromatic N) is 1. The molecule has 0 N–H and O–H groups in total. The molecule has 0 saturated carbocycles. The van der Waals surface area contributed by atoms with Crippen LogP contribution in [0.25, 0.3) is 0 Å². The maximum Gasteiger partial charge on any atom is 0.272 e. The molecular weight excluding hydrogens is 298 g/mol. The van der Waals surface area contributed by atoms with Crippen molar-refractivity contribution in [1.82, 2.24) is 0 Å². The summed E-state index contributed by atoms with van der Waals surface area (Å²) in [6.07, 6.45) is 3.19. The van der Waals surface area contributed by atoms with Crippen LogP contribution in [0.4, 0.5) is 5.69 Å². The number of para-hydroxylation sites is 1. The third kappa shape index (κ3) is 4.96. The van der Waals surface area contributed by atoms with Crippen molar-refractivity contribution in [1.29, 1.82) is 0 Å². The Labute approximate surface area is 115 Å². The van der Waals surface area contributed by atoms with E-state index in [0.29, 0.717) is 31.2 Å². The van der Waals surface area contributed by atoms with Crippen molar-refractivity contribution in [2.75, 3.05) is 5.33 Å². The molecule has 0 unspecified atom stereocenters. The third-order valence-corrected chi connectivity index (χ3v) is 3.24. The summed E-state index contributed by atoms with van der Waals surface area (Å²) in [5, 5.41) is 11.6. The Hall–Kier alpha value is -1.23. The minimum absolute atomic E-state index is 0.144. The Morgan fingerprint density at radius 3 is 2.56 bits per heavy atom. The van der Waals surface area contributed by atoms with Crippen molar-refractivity contribution in [3.8, 4) is 0 Å². The van der Waals surface area contributed by atoms with Gasteiger partial charge >= 0.3 is 0 Å². The predicted molar refractivity (Wildman–Crippen MR) is 74.1 cm³/mol. The molecule has 0 aliphatic carbocycles. The molecule has 1 aromatic carbocycles. The number of benzene rings is 1. The standard InChI is InChI=1S/C13H16BrNO3/c14-10-4-8-12(16)7-3-6-11-5-1-2-9-13(11)15(17)18/h1-2,5,9H,3-4,6-8,10H2. The normalized spacial score (nSPS) is 10.3. The van der Waals surface area contributed by atoms with E-state index in [-0.39, 0.29) is 16.4 Å². The number of carbonyl (C=O) groups excluding carboxylic acids is 1. The lowest BCUT2D eigenvalue weighted by atomic mass is 10.0. The molecule has 98 valence electrons. The maximum absolute atomic E-state index is 11.5. The lowest BCUT2D eigenvalue weighted by molar-refractivity contribution is -0.385. The quantitative estimate of drug-likeness (QED) is 0.418. The average Bonchev–Trinajstić information content (AvgIpc) is 2.36. The maximum atomic E-state index is 11.5. The van der Waals surface area contributed by atoms with Crippen LogP contribution in [0.15, 0.2) is 24.3 Å². The van der Waals surface area contributed by atoms with Gasteiger partial charge in [-0.25, -0.2) is 0 Å². The molecule has 0 radical (unpaired) electrons. The van der Waals surface area contributed by atoms with Gasteiger partial charge in [-0.1, -0.05) is 34.1 Å². The van der Waals surface area contributed by atoms with E-state index in [4.69, 9.17) is 0 Å². The fraction of sp³-hybridized carbons (Fsp3) is 0.462. The number of ketones is 1. The highest BCUT2D eigenvalue weighted by Crippen LogP contribution is 2.19. The first-order chi connectivity index (χ1) is 8.65. The number of Topliss-reactive ketones (excluding diaryl/α,β-unsaturated/α-hetero) is 1. The Morgan fingerprint density at radius 1 is 1.22 bits per heavy atom. The first-order valence-electron chi connectivity index (χ1n) is 5.95. The molecule has 0 aliphatic rings. The van der Waals surface area contributed by atoms with Crippen molar-refractivity contribution >= 4 is 27.4 Å². The van der Waals surface area contributed by atoms with Crippen LogP contribution in [0.2, 0.25) is 0 Å². The molecule has 0 atom stereocenters. The SMILES string of the molecule is O=C(CCCBr)CCCc1ccccc1[N+](=O)[O-]. The minimum Gasteiger partial charge on any atom is -0.300 e. The van der Waals surface area contributed by atoms with Crippen LogP contribution < -0.4 is 0 Å². The summed E-state index contributed by atoms with van der Waals surface area (Å²) < 4.78 is 0. The number of hydrogen-bond acceptors (Lipinski definition) is 3. The molecule has 0 aromatic heterocycles. The summed E-state index contributed by atoms with van der Waals surface area (Å²) in [5.41, 5.74) is 0.848. The largest absolute Gasteiger partial charge is 0.300 e. The van der Waals surface area contributed by atoms with Crippen molar-refractivity contribution in [2.45, 2.75) is 32.1 Å². The third-order valence-electron chi connectivity index (χ3n) is 2.68. The van der Waals surface area contributed by atoms with Crippen molar-refractivity contribution in [3.63, 3.8) is 0 Å². The molecule has 0 bridgehead atoms. The monoisotopic (exact) mass is 313 g/mol. The molecule has 0 amide bonds. The smallest absolute Gasteiger partial charge is 0.272 e. The Bertz CT molecular complexity index is 420. The lowest BCUT2D eigenvalue weighted by Crippen LogP contribution is -2.00. The number of carbonyl (C=O) groups is 1. The van der Waals surface area contributed by atoms with Crippen LogP contribution in [0.5, 0.6) is 0 Å². The zero-order valence-corrected chi connectivity index (χ0v) is 11.7. The Balaban J connectivity index is 2.44. The van der Waals surface area contributed by atoms with Gasteiger partial charge in [0, 0.05) is 29.8 Å². The second-order valence-corrected chi connectivity index (χ2v) is 4.86. The van der Waals surface area contributed by atoms with Crippen LogP contribution in [0.3, 0.4) is 0 Å². The number of aryl methyl sites for hydroxylation is 1. The zero-order chi connectivity index (χ0) is 13.4. The summed E-state index contributed by atoms with van der Waals surface area (Å²) in [5.74, 6) is 0.230. The Kier molecular flexibility index (Phi) is 6.57. The highest BCUT2D eigenvalue weighted by Gasteiger charge is 2.12. The van der Waals surface area contributed by atoms with Gasteiger partial charge in [-0.3, -0.25) is 14.9 Å². The van der Waals surface area contributed by atoms with Gasteiger partial charge in [-0.15, -0.1) is 0 Å². The minimum atomic E-state index is -0.373. The number of nitro groups is 1. The number of hydrogen-bond donors (Lipinski definition) is 0. The molecule has 0 saturated heterocycles. The molecule has 1 aromatic rings. The summed E-state index contributed by atoms with van der Waals surface area (Å²) in [6.45, 7) is 0. The number of rotatable bonds is 8. The molecule has 0 spiro atoms. The molecule has 5 heteroatoms. The van der Waals surface area contributed by atoms with Crippen molar-refractivity contribution in [3.05, 3.63) is 39.9 Å². The van der Waals surface area contributed by atoms with Crippen LogP contribution in [-0.4, -0.2) is 16.0 Å². The predicted octanol–water partition coefficient (Wildman–Crippen LogP) is 3.66. The van der Waals surface area contributed by atoms with E-state index < -0.39 is 0 Å². The average molecular weight is 314 g/mol. The van der Waals surface area contributed by atoms with E-state index in [2.05, 4.69) is 15.9 Å². The summed E-state index contributed by atoms with van der Waals surface area (Å²) in [4.78, 5) is 21.9. The van der Waals surface area contributed by atoms with Crippen molar-refractivity contribution < 1.29 is 9.72 Å². The van der Waals surface area contributed by atoms with Crippen molar-refractivity contribution in [2.24, 2.45) is 0 Å². The summed E-state index contributed by atoms with van der Waals surface area (Å²) >= 11 is 3.28. The lowest BCUT2D eigenvalue weighted by Gasteiger charge is -2.02. The topological polar surface area (TPSA) is 60.2 Å². The molecule has 4 nitrogen and oxygen atoms in total. The first kappa shape index (κ1) is 14.8. The Morgan fingerprint density at radius 2 is 1.89 bits per heavy atom. The van der Waals surface area contributed by atoms with Gasteiger partial charge < -0.3 is 0 Å². The first-order valence-corrected chi connectivity index (χ1v) is 7.07. The number of halogens is 1. The van der Waals surface area contributed by atoms with E-state index in [0.717, 1.165) is 11.8 Å². The number of nitro benzene ring substituents is 1. The van der Waals surface area contributed by atoms with E-state index in [1.54, 1.807) is 18.2 Å². The molecular formula is C13H16BrNO3. The van der Waals surface area contributed by atoms with Gasteiger partial charge in [0.15, 0.2) is 0 Å². The van der Waals surface area contributed by atoms with Crippen LogP contribution >= 0.6 is 15.9 Å². The van der Waals surface area contributed by atoms with E-state index in [1.165, 1.54) is 6.07 Å². The second kappa shape index (κ2) is 7.97. The summed E-state index contributed by atoms with van der Waals surface area (Å²) in [7, 11) is 0. The molecule has 0 aliphatic heterocycles. The van der Waals surface area contributed by atoms with E-state index in [1.807, 2.05) is 0 Å². The van der Waals surface area contributed by atoms with Gasteiger partial charge in [-0.2, -0.15) is 0 Å². The zero-order valence-electron chi connectivity index (χ0n) is 10.1. The fourth-order valence-electron chi connectivity index (χ4n) is 1.77. The molecule has 18 heavy (non-hydrogen) atoms. The second-order valence-electron chi connectivity index (χ2n) is 4.07. The highest BCUT2D eigenvalue weighted by molar-refractivity contribution is 9.09. The molecule has 0 fully saturated rings. The molecule has 1 rings (SSSR count). The highest BCUT2D eigenvalue weighted by atomic mass is 79.9. The van der Waals surface area contributed by atoms with Gasteiger partial charge in [-0.05, 0) is 19.3 Å². The fourth-order valence-corrected chi connectivity index (χ4v) is 2.05. The summed E-state index contributed by atoms with van der Waals surface area (Å²) in [6, 6.07) is 6.70. The van der Waals surface area contributed by atoms with Crippen LogP contribution in [0.1, 0.15) is 31.2 Å². The molecule has 0 heterocycles. The van der Waals surface area contributed by atoms with Gasteiger partial charge in [0.2, 0.25) is 0 Å².